The Labute approximate surface area is 216 Å². The van der Waals surface area contributed by atoms with Gasteiger partial charge in [-0.2, -0.15) is 0 Å². The minimum Gasteiger partial charge on any atom is -0.330 e. The van der Waals surface area contributed by atoms with Gasteiger partial charge in [0.15, 0.2) is 0 Å². The van der Waals surface area contributed by atoms with Crippen molar-refractivity contribution in [3.05, 3.63) is 34.9 Å². The molecule has 0 aliphatic heterocycles. The van der Waals surface area contributed by atoms with E-state index in [1.807, 2.05) is 0 Å². The van der Waals surface area contributed by atoms with Crippen molar-refractivity contribution in [3.63, 3.8) is 0 Å². The summed E-state index contributed by atoms with van der Waals surface area (Å²) in [6.07, 6.45) is 14.6. The lowest BCUT2D eigenvalue weighted by molar-refractivity contribution is 0.582. The molecule has 0 atom stereocenters. The Balaban J connectivity index is 0.0000109. The molecule has 0 amide bonds. The van der Waals surface area contributed by atoms with Crippen LogP contribution in [0.1, 0.15) is 93.7 Å². The Bertz CT molecular complexity index is 469. The number of halogens is 1. The van der Waals surface area contributed by atoms with Crippen molar-refractivity contribution in [1.29, 1.82) is 0 Å². The van der Waals surface area contributed by atoms with Gasteiger partial charge in [0.1, 0.15) is 0 Å². The van der Waals surface area contributed by atoms with Crippen molar-refractivity contribution in [2.75, 3.05) is 39.3 Å². The maximum absolute atomic E-state index is 5.58. The lowest BCUT2D eigenvalue weighted by atomic mass is 10.0. The molecule has 0 saturated carbocycles. The third-order valence-corrected chi connectivity index (χ3v) is 6.02. The molecule has 34 heavy (non-hydrogen) atoms. The quantitative estimate of drug-likeness (QED) is 0.120. The zero-order valence-corrected chi connectivity index (χ0v) is 22.5. The van der Waals surface area contributed by atoms with Crippen LogP contribution in [0, 0.1) is 0 Å². The minimum absolute atomic E-state index is 0. The maximum atomic E-state index is 5.58. The topological polar surface area (TPSA) is 114 Å². The third kappa shape index (κ3) is 19.6. The largest absolute Gasteiger partial charge is 0.330 e. The zero-order valence-electron chi connectivity index (χ0n) is 21.7. The number of unbranched alkanes of at least 4 members (excludes halogenated alkanes) is 9. The molecule has 0 unspecified atom stereocenters. The normalized spacial score (nSPS) is 11.0. The smallest absolute Gasteiger partial charge is 0.0205 e. The predicted molar refractivity (Wildman–Crippen MR) is 151 cm³/mol. The fraction of sp³-hybridized carbons (Fsp3) is 0.778. The number of nitrogens with one attached hydrogen (secondary N) is 3. The Kier molecular flexibility index (Phi) is 24.8. The van der Waals surface area contributed by atoms with Crippen molar-refractivity contribution in [1.82, 2.24) is 16.0 Å². The summed E-state index contributed by atoms with van der Waals surface area (Å²) in [7, 11) is 0. The lowest BCUT2D eigenvalue weighted by Gasteiger charge is -2.13. The van der Waals surface area contributed by atoms with Crippen LogP contribution in [0.25, 0.3) is 0 Å². The average Bonchev–Trinajstić information content (AvgIpc) is 2.82. The van der Waals surface area contributed by atoms with Crippen molar-refractivity contribution in [2.45, 2.75) is 96.7 Å². The fourth-order valence-electron chi connectivity index (χ4n) is 4.09. The summed E-state index contributed by atoms with van der Waals surface area (Å²) >= 11 is 0. The van der Waals surface area contributed by atoms with Gasteiger partial charge >= 0.3 is 0 Å². The van der Waals surface area contributed by atoms with Gasteiger partial charge in [0.2, 0.25) is 0 Å². The van der Waals surface area contributed by atoms with Crippen LogP contribution < -0.4 is 33.2 Å². The predicted octanol–water partition coefficient (Wildman–Crippen LogP) is 3.93. The standard InChI is InChI=1S/C27H54N6.ClH/c28-13-7-1-4-10-16-31-22-25-19-26(23-32-17-11-5-2-8-14-29)21-27(20-25)24-33-18-12-6-3-9-15-30;/h19-21,31-33H,1-18,22-24,28-30H2;1H. The van der Waals surface area contributed by atoms with Crippen LogP contribution in [-0.2, 0) is 19.6 Å². The molecule has 0 heterocycles. The number of nitrogens with two attached hydrogens (primary N) is 3. The highest BCUT2D eigenvalue weighted by Crippen LogP contribution is 2.12. The van der Waals surface area contributed by atoms with Crippen molar-refractivity contribution in [3.8, 4) is 0 Å². The third-order valence-electron chi connectivity index (χ3n) is 6.02. The number of hydrogen-bond donors (Lipinski definition) is 6. The highest BCUT2D eigenvalue weighted by molar-refractivity contribution is 5.85. The lowest BCUT2D eigenvalue weighted by Crippen LogP contribution is -2.19. The monoisotopic (exact) mass is 498 g/mol. The van der Waals surface area contributed by atoms with E-state index in [1.54, 1.807) is 0 Å². The van der Waals surface area contributed by atoms with E-state index >= 15 is 0 Å². The molecular weight excluding hydrogens is 444 g/mol. The van der Waals surface area contributed by atoms with Crippen LogP contribution in [0.15, 0.2) is 18.2 Å². The first kappa shape index (κ1) is 33.3. The van der Waals surface area contributed by atoms with E-state index < -0.39 is 0 Å². The second-order valence-electron chi connectivity index (χ2n) is 9.30. The molecule has 0 aliphatic rings. The van der Waals surface area contributed by atoms with Crippen LogP contribution >= 0.6 is 12.4 Å². The Morgan fingerprint density at radius 3 is 0.941 bits per heavy atom. The van der Waals surface area contributed by atoms with Gasteiger partial charge < -0.3 is 33.2 Å². The number of rotatable bonds is 24. The molecule has 9 N–H and O–H groups in total. The van der Waals surface area contributed by atoms with Gasteiger partial charge in [-0.15, -0.1) is 12.4 Å². The number of hydrogen-bond acceptors (Lipinski definition) is 6. The molecule has 0 spiro atoms. The Hall–Kier alpha value is -0.730. The van der Waals surface area contributed by atoms with E-state index in [4.69, 9.17) is 17.2 Å². The average molecular weight is 499 g/mol. The second-order valence-corrected chi connectivity index (χ2v) is 9.30. The molecule has 6 nitrogen and oxygen atoms in total. The van der Waals surface area contributed by atoms with Gasteiger partial charge in [0, 0.05) is 19.6 Å². The minimum atomic E-state index is 0. The molecule has 0 saturated heterocycles. The van der Waals surface area contributed by atoms with E-state index in [2.05, 4.69) is 34.1 Å². The van der Waals surface area contributed by atoms with E-state index in [1.165, 1.54) is 74.5 Å². The second kappa shape index (κ2) is 25.4. The molecule has 200 valence electrons. The van der Waals surface area contributed by atoms with E-state index in [9.17, 15) is 0 Å². The summed E-state index contributed by atoms with van der Waals surface area (Å²) in [5, 5.41) is 10.9. The first-order valence-electron chi connectivity index (χ1n) is 13.6. The molecule has 1 aromatic rings. The fourth-order valence-corrected chi connectivity index (χ4v) is 4.09. The molecule has 1 aromatic carbocycles. The van der Waals surface area contributed by atoms with E-state index in [-0.39, 0.29) is 12.4 Å². The summed E-state index contributed by atoms with van der Waals surface area (Å²) in [6.45, 7) is 8.48. The molecule has 0 aliphatic carbocycles. The molecule has 0 fully saturated rings. The molecule has 0 aromatic heterocycles. The van der Waals surface area contributed by atoms with Crippen molar-refractivity contribution < 1.29 is 0 Å². The van der Waals surface area contributed by atoms with Crippen LogP contribution in [0.5, 0.6) is 0 Å². The number of benzene rings is 1. The van der Waals surface area contributed by atoms with Crippen molar-refractivity contribution >= 4 is 12.4 Å². The van der Waals surface area contributed by atoms with E-state index in [0.717, 1.165) is 78.2 Å². The molecule has 7 heteroatoms. The summed E-state index contributed by atoms with van der Waals surface area (Å²) in [5.74, 6) is 0. The first-order chi connectivity index (χ1) is 16.3. The molecule has 0 bridgehead atoms. The molecular formula is C27H55ClN6. The molecule has 0 radical (unpaired) electrons. The summed E-state index contributed by atoms with van der Waals surface area (Å²) < 4.78 is 0. The van der Waals surface area contributed by atoms with Crippen LogP contribution in [0.4, 0.5) is 0 Å². The van der Waals surface area contributed by atoms with Gasteiger partial charge in [-0.05, 0) is 94.5 Å². The molecule has 1 rings (SSSR count). The SMILES string of the molecule is Cl.NCCCCCCNCc1cc(CNCCCCCCN)cc(CNCCCCCCN)c1. The van der Waals surface area contributed by atoms with Crippen molar-refractivity contribution in [2.24, 2.45) is 17.2 Å². The Morgan fingerprint density at radius 1 is 0.412 bits per heavy atom. The van der Waals surface area contributed by atoms with Gasteiger partial charge in [0.05, 0.1) is 0 Å². The van der Waals surface area contributed by atoms with Gasteiger partial charge in [0.25, 0.3) is 0 Å². The van der Waals surface area contributed by atoms with Crippen LogP contribution in [0.3, 0.4) is 0 Å². The summed E-state index contributed by atoms with van der Waals surface area (Å²) in [6, 6.07) is 7.08. The van der Waals surface area contributed by atoms with Gasteiger partial charge in [-0.25, -0.2) is 0 Å². The highest BCUT2D eigenvalue weighted by Gasteiger charge is 2.03. The van der Waals surface area contributed by atoms with Gasteiger partial charge in [-0.3, -0.25) is 0 Å². The summed E-state index contributed by atoms with van der Waals surface area (Å²) in [5.41, 5.74) is 20.9. The van der Waals surface area contributed by atoms with Crippen LogP contribution in [0.2, 0.25) is 0 Å². The first-order valence-corrected chi connectivity index (χ1v) is 13.6. The summed E-state index contributed by atoms with van der Waals surface area (Å²) in [4.78, 5) is 0. The highest BCUT2D eigenvalue weighted by atomic mass is 35.5. The maximum Gasteiger partial charge on any atom is 0.0205 e. The van der Waals surface area contributed by atoms with E-state index in [0.29, 0.717) is 0 Å². The van der Waals surface area contributed by atoms with Crippen LogP contribution in [-0.4, -0.2) is 39.3 Å². The zero-order chi connectivity index (χ0) is 23.8. The Morgan fingerprint density at radius 2 is 0.676 bits per heavy atom. The van der Waals surface area contributed by atoms with Gasteiger partial charge in [-0.1, -0.05) is 56.7 Å².